The van der Waals surface area contributed by atoms with E-state index in [4.69, 9.17) is 23.2 Å². The fourth-order valence-electron chi connectivity index (χ4n) is 1.02. The maximum atomic E-state index is 12.0. The zero-order chi connectivity index (χ0) is 13.2. The number of nitrogens with one attached hydrogen (secondary N) is 1. The van der Waals surface area contributed by atoms with Gasteiger partial charge in [-0.1, -0.05) is 23.2 Å². The summed E-state index contributed by atoms with van der Waals surface area (Å²) in [5, 5.41) is 1.96. The van der Waals surface area contributed by atoms with Crippen molar-refractivity contribution in [2.75, 3.05) is 5.32 Å². The number of hydrogen-bond acceptors (Lipinski definition) is 2. The van der Waals surface area contributed by atoms with Gasteiger partial charge in [0, 0.05) is 13.0 Å². The predicted molar refractivity (Wildman–Crippen MR) is 57.4 cm³/mol. The smallest absolute Gasteiger partial charge is 0.404 e. The maximum Gasteiger partial charge on any atom is 0.573 e. The van der Waals surface area contributed by atoms with Crippen molar-refractivity contribution in [1.82, 2.24) is 0 Å². The molecule has 1 amide bonds. The van der Waals surface area contributed by atoms with Crippen molar-refractivity contribution in [3.8, 4) is 5.75 Å². The fraction of sp³-hybridized carbons (Fsp3) is 0.222. The molecule has 0 radical (unpaired) electrons. The summed E-state index contributed by atoms with van der Waals surface area (Å²) in [4.78, 5) is 10.8. The molecule has 1 aromatic rings. The molecule has 3 nitrogen and oxygen atoms in total. The van der Waals surface area contributed by atoms with Gasteiger partial charge in [-0.25, -0.2) is 0 Å². The van der Waals surface area contributed by atoms with E-state index in [9.17, 15) is 18.0 Å². The van der Waals surface area contributed by atoms with E-state index in [1.807, 2.05) is 0 Å². The highest BCUT2D eigenvalue weighted by molar-refractivity contribution is 6.37. The number of carbonyl (C=O) groups excluding carboxylic acids is 1. The summed E-state index contributed by atoms with van der Waals surface area (Å²) in [6.07, 6.45) is -4.87. The minimum Gasteiger partial charge on any atom is -0.404 e. The first-order chi connectivity index (χ1) is 7.69. The van der Waals surface area contributed by atoms with Gasteiger partial charge in [-0.05, 0) is 6.07 Å². The van der Waals surface area contributed by atoms with E-state index in [0.29, 0.717) is 0 Å². The molecule has 0 heterocycles. The topological polar surface area (TPSA) is 38.3 Å². The summed E-state index contributed by atoms with van der Waals surface area (Å²) in [7, 11) is 0. The van der Waals surface area contributed by atoms with Crippen LogP contribution in [-0.4, -0.2) is 12.3 Å². The Kier molecular flexibility index (Phi) is 4.11. The van der Waals surface area contributed by atoms with Gasteiger partial charge in [-0.2, -0.15) is 0 Å². The van der Waals surface area contributed by atoms with Gasteiger partial charge in [-0.3, -0.25) is 4.79 Å². The summed E-state index contributed by atoms with van der Waals surface area (Å²) in [5.74, 6) is -1.11. The number of rotatable bonds is 2. The minimum atomic E-state index is -4.87. The first-order valence-corrected chi connectivity index (χ1v) is 4.97. The van der Waals surface area contributed by atoms with Crippen LogP contribution in [0.4, 0.5) is 18.9 Å². The van der Waals surface area contributed by atoms with Gasteiger partial charge in [0.25, 0.3) is 0 Å². The summed E-state index contributed by atoms with van der Waals surface area (Å²) < 4.78 is 39.7. The van der Waals surface area contributed by atoms with E-state index in [0.717, 1.165) is 12.1 Å². The molecule has 8 heteroatoms. The molecule has 0 aliphatic carbocycles. The zero-order valence-corrected chi connectivity index (χ0v) is 9.87. The van der Waals surface area contributed by atoms with Crippen LogP contribution in [-0.2, 0) is 4.79 Å². The molecule has 0 atom stereocenters. The van der Waals surface area contributed by atoms with Crippen LogP contribution in [0.25, 0.3) is 0 Å². The fourth-order valence-corrected chi connectivity index (χ4v) is 1.49. The highest BCUT2D eigenvalue weighted by atomic mass is 35.5. The van der Waals surface area contributed by atoms with Crippen molar-refractivity contribution in [2.45, 2.75) is 13.3 Å². The number of alkyl halides is 3. The Bertz CT molecular complexity index is 449. The van der Waals surface area contributed by atoms with Crippen molar-refractivity contribution in [1.29, 1.82) is 0 Å². The largest absolute Gasteiger partial charge is 0.573 e. The number of halogens is 5. The minimum absolute atomic E-state index is 0.0113. The Morgan fingerprint density at radius 2 is 1.88 bits per heavy atom. The van der Waals surface area contributed by atoms with Gasteiger partial charge in [-0.15, -0.1) is 13.2 Å². The first kappa shape index (κ1) is 13.9. The number of ether oxygens (including phenoxy) is 1. The molecular weight excluding hydrogens is 282 g/mol. The van der Waals surface area contributed by atoms with Crippen LogP contribution >= 0.6 is 23.2 Å². The summed E-state index contributed by atoms with van der Waals surface area (Å²) in [6, 6.07) is 1.95. The Labute approximate surface area is 104 Å². The lowest BCUT2D eigenvalue weighted by molar-refractivity contribution is -0.274. The summed E-state index contributed by atoms with van der Waals surface area (Å²) >= 11 is 11.2. The van der Waals surface area contributed by atoms with Crippen LogP contribution in [0.1, 0.15) is 6.92 Å². The van der Waals surface area contributed by atoms with Crippen molar-refractivity contribution in [3.05, 3.63) is 22.2 Å². The number of hydrogen-bond donors (Lipinski definition) is 1. The van der Waals surface area contributed by atoms with E-state index in [1.165, 1.54) is 6.92 Å². The molecule has 0 fully saturated rings. The molecular formula is C9H6Cl2F3NO2. The van der Waals surface area contributed by atoms with Gasteiger partial charge in [0.15, 0.2) is 0 Å². The highest BCUT2D eigenvalue weighted by Crippen LogP contribution is 2.36. The van der Waals surface area contributed by atoms with E-state index in [2.05, 4.69) is 10.1 Å². The SMILES string of the molecule is CC(=O)Nc1cc(OC(F)(F)F)c(Cl)cc1Cl. The molecule has 0 saturated carbocycles. The van der Waals surface area contributed by atoms with Crippen LogP contribution in [0.2, 0.25) is 10.0 Å². The van der Waals surface area contributed by atoms with Crippen LogP contribution in [0.3, 0.4) is 0 Å². The maximum absolute atomic E-state index is 12.0. The monoisotopic (exact) mass is 287 g/mol. The third-order valence-corrected chi connectivity index (χ3v) is 2.17. The van der Waals surface area contributed by atoms with Crippen molar-refractivity contribution < 1.29 is 22.7 Å². The third kappa shape index (κ3) is 4.32. The predicted octanol–water partition coefficient (Wildman–Crippen LogP) is 3.85. The number of carbonyl (C=O) groups is 1. The lowest BCUT2D eigenvalue weighted by Crippen LogP contribution is -2.17. The van der Waals surface area contributed by atoms with Crippen molar-refractivity contribution in [3.63, 3.8) is 0 Å². The number of amides is 1. The van der Waals surface area contributed by atoms with Gasteiger partial charge in [0.2, 0.25) is 5.91 Å². The third-order valence-electron chi connectivity index (χ3n) is 1.56. The normalized spacial score (nSPS) is 11.2. The Morgan fingerprint density at radius 3 is 2.35 bits per heavy atom. The highest BCUT2D eigenvalue weighted by Gasteiger charge is 2.32. The Balaban J connectivity index is 3.10. The molecule has 94 valence electrons. The van der Waals surface area contributed by atoms with Crippen LogP contribution in [0.15, 0.2) is 12.1 Å². The average molecular weight is 288 g/mol. The molecule has 0 unspecified atom stereocenters. The molecule has 1 N–H and O–H groups in total. The van der Waals surface area contributed by atoms with Crippen LogP contribution < -0.4 is 10.1 Å². The van der Waals surface area contributed by atoms with Gasteiger partial charge in [0.1, 0.15) is 5.75 Å². The van der Waals surface area contributed by atoms with Crippen molar-refractivity contribution >= 4 is 34.8 Å². The van der Waals surface area contributed by atoms with Crippen LogP contribution in [0, 0.1) is 0 Å². The molecule has 1 rings (SSSR count). The number of benzene rings is 1. The molecule has 0 aromatic heterocycles. The molecule has 0 aliphatic rings. The molecule has 0 spiro atoms. The Hall–Kier alpha value is -1.14. The van der Waals surface area contributed by atoms with E-state index in [-0.39, 0.29) is 15.7 Å². The average Bonchev–Trinajstić information content (AvgIpc) is 2.10. The second-order valence-corrected chi connectivity index (χ2v) is 3.81. The number of anilines is 1. The standard InChI is InChI=1S/C9H6Cl2F3NO2/c1-4(16)15-7-3-8(17-9(12,13)14)6(11)2-5(7)10/h2-3H,1H3,(H,15,16). The molecule has 0 saturated heterocycles. The zero-order valence-electron chi connectivity index (χ0n) is 8.36. The van der Waals surface area contributed by atoms with Crippen LogP contribution in [0.5, 0.6) is 5.75 Å². The molecule has 17 heavy (non-hydrogen) atoms. The summed E-state index contributed by atoms with van der Waals surface area (Å²) in [6.45, 7) is 1.19. The van der Waals surface area contributed by atoms with Gasteiger partial charge < -0.3 is 10.1 Å². The second kappa shape index (κ2) is 5.01. The van der Waals surface area contributed by atoms with E-state index < -0.39 is 18.0 Å². The molecule has 0 aliphatic heterocycles. The summed E-state index contributed by atoms with van der Waals surface area (Å²) in [5.41, 5.74) is -0.0113. The molecule has 0 bridgehead atoms. The van der Waals surface area contributed by atoms with E-state index in [1.54, 1.807) is 0 Å². The van der Waals surface area contributed by atoms with Gasteiger partial charge in [0.05, 0.1) is 15.7 Å². The lowest BCUT2D eigenvalue weighted by Gasteiger charge is -2.13. The van der Waals surface area contributed by atoms with Gasteiger partial charge >= 0.3 is 6.36 Å². The Morgan fingerprint density at radius 1 is 1.29 bits per heavy atom. The second-order valence-electron chi connectivity index (χ2n) is 2.99. The quantitative estimate of drug-likeness (QED) is 0.897. The first-order valence-electron chi connectivity index (χ1n) is 4.21. The van der Waals surface area contributed by atoms with Crippen molar-refractivity contribution in [2.24, 2.45) is 0 Å². The molecule has 1 aromatic carbocycles. The van der Waals surface area contributed by atoms with E-state index >= 15 is 0 Å². The lowest BCUT2D eigenvalue weighted by atomic mass is 10.3.